The first-order valence-electron chi connectivity index (χ1n) is 7.29. The molecule has 4 nitrogen and oxygen atoms in total. The maximum absolute atomic E-state index is 11.4. The van der Waals surface area contributed by atoms with Crippen LogP contribution in [0.3, 0.4) is 0 Å². The first-order valence-corrected chi connectivity index (χ1v) is 7.29. The number of carbonyl (C=O) groups is 1. The molecule has 1 fully saturated rings. The molecule has 0 amide bonds. The normalized spacial score (nSPS) is 17.7. The van der Waals surface area contributed by atoms with Crippen molar-refractivity contribution in [3.05, 3.63) is 29.3 Å². The average Bonchev–Trinajstić information content (AvgIpc) is 2.53. The van der Waals surface area contributed by atoms with Gasteiger partial charge in [-0.25, -0.2) is 4.79 Å². The maximum atomic E-state index is 11.4. The number of carbonyl (C=O) groups excluding carboxylic acids is 1. The Kier molecular flexibility index (Phi) is 5.65. The van der Waals surface area contributed by atoms with Crippen LogP contribution in [0.2, 0.25) is 0 Å². The van der Waals surface area contributed by atoms with E-state index in [1.165, 1.54) is 20.0 Å². The Morgan fingerprint density at radius 3 is 3.00 bits per heavy atom. The van der Waals surface area contributed by atoms with Crippen LogP contribution in [-0.4, -0.2) is 25.8 Å². The van der Waals surface area contributed by atoms with Gasteiger partial charge in [-0.3, -0.25) is 0 Å². The van der Waals surface area contributed by atoms with E-state index >= 15 is 0 Å². The lowest BCUT2D eigenvalue weighted by Gasteiger charge is -2.21. The SMILES string of the molecule is COC(=O)c1ccc(C#CCCC2CCCCO2)c(N)c1. The number of rotatable bonds is 3. The van der Waals surface area contributed by atoms with Gasteiger partial charge in [0.15, 0.2) is 0 Å². The van der Waals surface area contributed by atoms with Gasteiger partial charge in [0.1, 0.15) is 0 Å². The number of methoxy groups -OCH3 is 1. The van der Waals surface area contributed by atoms with Crippen LogP contribution < -0.4 is 5.73 Å². The van der Waals surface area contributed by atoms with Gasteiger partial charge in [0, 0.05) is 24.3 Å². The number of benzene rings is 1. The monoisotopic (exact) mass is 287 g/mol. The predicted molar refractivity (Wildman–Crippen MR) is 81.9 cm³/mol. The van der Waals surface area contributed by atoms with Gasteiger partial charge in [0.05, 0.1) is 18.8 Å². The summed E-state index contributed by atoms with van der Waals surface area (Å²) in [4.78, 5) is 11.4. The molecule has 1 unspecified atom stereocenters. The lowest BCUT2D eigenvalue weighted by Crippen LogP contribution is -2.18. The van der Waals surface area contributed by atoms with E-state index in [0.717, 1.165) is 31.4 Å². The van der Waals surface area contributed by atoms with Crippen molar-refractivity contribution < 1.29 is 14.3 Å². The number of anilines is 1. The zero-order chi connectivity index (χ0) is 15.1. The van der Waals surface area contributed by atoms with E-state index in [1.807, 2.05) is 0 Å². The smallest absolute Gasteiger partial charge is 0.337 e. The van der Waals surface area contributed by atoms with Crippen LogP contribution in [0.15, 0.2) is 18.2 Å². The summed E-state index contributed by atoms with van der Waals surface area (Å²) in [5.74, 6) is 5.79. The zero-order valence-corrected chi connectivity index (χ0v) is 12.4. The molecule has 1 heterocycles. The Morgan fingerprint density at radius 2 is 2.33 bits per heavy atom. The van der Waals surface area contributed by atoms with Crippen LogP contribution in [-0.2, 0) is 9.47 Å². The van der Waals surface area contributed by atoms with Crippen LogP contribution >= 0.6 is 0 Å². The van der Waals surface area contributed by atoms with Crippen LogP contribution in [0.1, 0.15) is 48.0 Å². The minimum atomic E-state index is -0.393. The highest BCUT2D eigenvalue weighted by Gasteiger charge is 2.12. The van der Waals surface area contributed by atoms with Crippen LogP contribution in [0.25, 0.3) is 0 Å². The van der Waals surface area contributed by atoms with Crippen molar-refractivity contribution >= 4 is 11.7 Å². The summed E-state index contributed by atoms with van der Waals surface area (Å²) in [6.07, 6.45) is 5.67. The van der Waals surface area contributed by atoms with Gasteiger partial charge in [-0.1, -0.05) is 11.8 Å². The Morgan fingerprint density at radius 1 is 1.48 bits per heavy atom. The fourth-order valence-electron chi connectivity index (χ4n) is 2.35. The summed E-state index contributed by atoms with van der Waals surface area (Å²) in [5.41, 5.74) is 7.59. The Labute approximate surface area is 125 Å². The zero-order valence-electron chi connectivity index (χ0n) is 12.4. The van der Waals surface area contributed by atoms with E-state index in [-0.39, 0.29) is 0 Å². The molecular weight excluding hydrogens is 266 g/mol. The van der Waals surface area contributed by atoms with Crippen LogP contribution in [0.5, 0.6) is 0 Å². The third kappa shape index (κ3) is 4.51. The van der Waals surface area contributed by atoms with Crippen molar-refractivity contribution in [1.82, 2.24) is 0 Å². The van der Waals surface area contributed by atoms with E-state index in [9.17, 15) is 4.79 Å². The Hall–Kier alpha value is -1.99. The van der Waals surface area contributed by atoms with E-state index in [1.54, 1.807) is 18.2 Å². The molecule has 2 N–H and O–H groups in total. The number of ether oxygens (including phenoxy) is 2. The molecule has 4 heteroatoms. The molecule has 1 atom stereocenters. The van der Waals surface area contributed by atoms with Gasteiger partial charge in [-0.05, 0) is 43.9 Å². The van der Waals surface area contributed by atoms with Crippen molar-refractivity contribution in [1.29, 1.82) is 0 Å². The summed E-state index contributed by atoms with van der Waals surface area (Å²) >= 11 is 0. The van der Waals surface area contributed by atoms with E-state index < -0.39 is 5.97 Å². The van der Waals surface area contributed by atoms with E-state index in [0.29, 0.717) is 17.4 Å². The summed E-state index contributed by atoms with van der Waals surface area (Å²) in [5, 5.41) is 0. The van der Waals surface area contributed by atoms with Gasteiger partial charge in [0.2, 0.25) is 0 Å². The fourth-order valence-corrected chi connectivity index (χ4v) is 2.35. The Balaban J connectivity index is 1.90. The second-order valence-corrected chi connectivity index (χ2v) is 5.12. The molecule has 0 spiro atoms. The highest BCUT2D eigenvalue weighted by atomic mass is 16.5. The van der Waals surface area contributed by atoms with Gasteiger partial charge in [-0.2, -0.15) is 0 Å². The maximum Gasteiger partial charge on any atom is 0.337 e. The number of nitrogen functional groups attached to an aromatic ring is 1. The average molecular weight is 287 g/mol. The minimum absolute atomic E-state index is 0.354. The number of nitrogens with two attached hydrogens (primary N) is 1. The van der Waals surface area contributed by atoms with Gasteiger partial charge in [-0.15, -0.1) is 0 Å². The van der Waals surface area contributed by atoms with Gasteiger partial charge >= 0.3 is 5.97 Å². The third-order valence-corrected chi connectivity index (χ3v) is 3.56. The highest BCUT2D eigenvalue weighted by Crippen LogP contribution is 2.17. The molecule has 1 aromatic rings. The second kappa shape index (κ2) is 7.70. The molecule has 0 aliphatic carbocycles. The quantitative estimate of drug-likeness (QED) is 0.527. The first kappa shape index (κ1) is 15.4. The van der Waals surface area contributed by atoms with Crippen molar-refractivity contribution in [2.24, 2.45) is 0 Å². The molecule has 0 saturated carbocycles. The summed E-state index contributed by atoms with van der Waals surface area (Å²) in [7, 11) is 1.35. The lowest BCUT2D eigenvalue weighted by molar-refractivity contribution is 0.0122. The summed E-state index contributed by atoms with van der Waals surface area (Å²) in [6.45, 7) is 0.875. The van der Waals surface area contributed by atoms with Crippen molar-refractivity contribution in [2.45, 2.75) is 38.2 Å². The molecule has 0 radical (unpaired) electrons. The molecule has 2 rings (SSSR count). The first-order chi connectivity index (χ1) is 10.2. The lowest BCUT2D eigenvalue weighted by atomic mass is 10.0. The topological polar surface area (TPSA) is 61.5 Å². The highest BCUT2D eigenvalue weighted by molar-refractivity contribution is 5.90. The van der Waals surface area contributed by atoms with Crippen LogP contribution in [0.4, 0.5) is 5.69 Å². The largest absolute Gasteiger partial charge is 0.465 e. The molecule has 0 bridgehead atoms. The van der Waals surface area contributed by atoms with Crippen molar-refractivity contribution in [2.75, 3.05) is 19.5 Å². The molecule has 1 aliphatic rings. The van der Waals surface area contributed by atoms with E-state index in [2.05, 4.69) is 16.6 Å². The Bertz CT molecular complexity index is 551. The summed E-state index contributed by atoms with van der Waals surface area (Å²) < 4.78 is 10.3. The van der Waals surface area contributed by atoms with Crippen molar-refractivity contribution in [3.8, 4) is 11.8 Å². The number of hydrogen-bond acceptors (Lipinski definition) is 4. The standard InChI is InChI=1S/C17H21NO3/c1-20-17(19)14-10-9-13(16(18)12-14)6-2-3-7-15-8-4-5-11-21-15/h9-10,12,15H,3-5,7-8,11,18H2,1H3. The number of esters is 1. The number of hydrogen-bond donors (Lipinski definition) is 1. The third-order valence-electron chi connectivity index (χ3n) is 3.56. The summed E-state index contributed by atoms with van der Waals surface area (Å²) in [6, 6.07) is 5.03. The molecule has 1 saturated heterocycles. The van der Waals surface area contributed by atoms with Crippen molar-refractivity contribution in [3.63, 3.8) is 0 Å². The molecule has 21 heavy (non-hydrogen) atoms. The minimum Gasteiger partial charge on any atom is -0.465 e. The van der Waals surface area contributed by atoms with Crippen LogP contribution in [0, 0.1) is 11.8 Å². The molecule has 1 aliphatic heterocycles. The van der Waals surface area contributed by atoms with Gasteiger partial charge in [0.25, 0.3) is 0 Å². The molecular formula is C17H21NO3. The molecule has 1 aromatic carbocycles. The van der Waals surface area contributed by atoms with Gasteiger partial charge < -0.3 is 15.2 Å². The fraction of sp³-hybridized carbons (Fsp3) is 0.471. The van der Waals surface area contributed by atoms with E-state index in [4.69, 9.17) is 10.5 Å². The molecule has 112 valence electrons. The predicted octanol–water partition coefficient (Wildman–Crippen LogP) is 2.76. The molecule has 0 aromatic heterocycles. The second-order valence-electron chi connectivity index (χ2n) is 5.12.